The molecule has 2 aliphatic rings. The molecule has 1 aliphatic heterocycles. The van der Waals surface area contributed by atoms with Gasteiger partial charge in [-0.15, -0.1) is 0 Å². The summed E-state index contributed by atoms with van der Waals surface area (Å²) < 4.78 is 33.2. The zero-order valence-corrected chi connectivity index (χ0v) is 19.2. The molecule has 0 aromatic heterocycles. The molecule has 4 rings (SSSR count). The van der Waals surface area contributed by atoms with Gasteiger partial charge in [-0.25, -0.2) is 8.42 Å². The highest BCUT2D eigenvalue weighted by Gasteiger charge is 2.29. The number of benzene rings is 2. The normalized spacial score (nSPS) is 19.5. The van der Waals surface area contributed by atoms with Gasteiger partial charge in [0.2, 0.25) is 15.9 Å². The largest absolute Gasteiger partial charge is 0.495 e. The van der Waals surface area contributed by atoms with Gasteiger partial charge in [0.25, 0.3) is 0 Å². The highest BCUT2D eigenvalue weighted by Crippen LogP contribution is 2.31. The third-order valence-electron chi connectivity index (χ3n) is 6.23. The Hall–Kier alpha value is -2.64. The van der Waals surface area contributed by atoms with E-state index in [1.807, 2.05) is 12.1 Å². The second kappa shape index (κ2) is 9.88. The van der Waals surface area contributed by atoms with Gasteiger partial charge in [0.1, 0.15) is 10.6 Å². The van der Waals surface area contributed by atoms with Crippen molar-refractivity contribution < 1.29 is 17.9 Å². The van der Waals surface area contributed by atoms with Crippen molar-refractivity contribution in [2.24, 2.45) is 0 Å². The number of nitrogens with one attached hydrogen (secondary N) is 1. The highest BCUT2D eigenvalue weighted by atomic mass is 32.2. The van der Waals surface area contributed by atoms with Gasteiger partial charge in [-0.1, -0.05) is 36.8 Å². The highest BCUT2D eigenvalue weighted by molar-refractivity contribution is 7.89. The molecule has 1 aliphatic carbocycles. The number of ether oxygens (including phenoxy) is 1. The predicted octanol–water partition coefficient (Wildman–Crippen LogP) is 4.08. The zero-order chi connectivity index (χ0) is 22.6. The molecule has 0 radical (unpaired) electrons. The fraction of sp³-hybridized carbons (Fsp3) is 0.400. The van der Waals surface area contributed by atoms with Crippen molar-refractivity contribution in [3.8, 4) is 5.75 Å². The van der Waals surface area contributed by atoms with E-state index >= 15 is 0 Å². The fourth-order valence-corrected chi connectivity index (χ4v) is 6.25. The maximum absolute atomic E-state index is 13.2. The molecule has 170 valence electrons. The second-order valence-electron chi connectivity index (χ2n) is 8.36. The van der Waals surface area contributed by atoms with Gasteiger partial charge in [0, 0.05) is 19.2 Å². The van der Waals surface area contributed by atoms with E-state index in [0.29, 0.717) is 24.4 Å². The van der Waals surface area contributed by atoms with E-state index in [1.54, 1.807) is 24.3 Å². The minimum atomic E-state index is -3.65. The van der Waals surface area contributed by atoms with Gasteiger partial charge < -0.3 is 10.1 Å². The minimum Gasteiger partial charge on any atom is -0.495 e. The molecule has 0 unspecified atom stereocenters. The van der Waals surface area contributed by atoms with Crippen LogP contribution in [0.25, 0.3) is 6.08 Å². The molecule has 0 bridgehead atoms. The average Bonchev–Trinajstić information content (AvgIpc) is 2.83. The number of aryl methyl sites for hydroxylation is 1. The molecule has 1 saturated heterocycles. The lowest BCUT2D eigenvalue weighted by atomic mass is 9.88. The maximum atomic E-state index is 13.2. The van der Waals surface area contributed by atoms with Crippen LogP contribution in [-0.4, -0.2) is 38.8 Å². The zero-order valence-electron chi connectivity index (χ0n) is 18.4. The predicted molar refractivity (Wildman–Crippen MR) is 125 cm³/mol. The number of methoxy groups -OCH3 is 1. The molecule has 7 heteroatoms. The number of hydrogen-bond acceptors (Lipinski definition) is 4. The minimum absolute atomic E-state index is 0.00278. The van der Waals surface area contributed by atoms with Crippen LogP contribution in [0, 0.1) is 0 Å². The summed E-state index contributed by atoms with van der Waals surface area (Å²) in [6.45, 7) is 1.05. The van der Waals surface area contributed by atoms with E-state index in [4.69, 9.17) is 4.74 Å². The third kappa shape index (κ3) is 4.89. The van der Waals surface area contributed by atoms with Crippen molar-refractivity contribution in [1.82, 2.24) is 9.62 Å². The van der Waals surface area contributed by atoms with Gasteiger partial charge >= 0.3 is 0 Å². The molecular formula is C25H30N2O4S. The summed E-state index contributed by atoms with van der Waals surface area (Å²) in [5.74, 6) is 0.124. The van der Waals surface area contributed by atoms with Gasteiger partial charge in [0.05, 0.1) is 13.2 Å². The standard InChI is InChI=1S/C25H30N2O4S/c1-31-23-14-12-19(18-24(23)32(29,30)27-16-5-2-6-17-27)13-15-25(28)26-22-11-7-9-20-8-3-4-10-21(20)22/h3-4,8,10,12-15,18,22H,2,5-7,9,11,16-17H2,1H3,(H,26,28)/b15-13+/t22-/m0/s1. The number of fused-ring (bicyclic) bond motifs is 1. The molecule has 2 aromatic carbocycles. The summed E-state index contributed by atoms with van der Waals surface area (Å²) in [6.07, 6.45) is 8.90. The summed E-state index contributed by atoms with van der Waals surface area (Å²) in [6, 6.07) is 13.2. The molecule has 1 atom stereocenters. The number of carbonyl (C=O) groups is 1. The Bertz CT molecular complexity index is 1100. The Balaban J connectivity index is 1.51. The molecule has 1 fully saturated rings. The Morgan fingerprint density at radius 1 is 1.09 bits per heavy atom. The van der Waals surface area contributed by atoms with Crippen LogP contribution in [0.2, 0.25) is 0 Å². The SMILES string of the molecule is COc1ccc(/C=C/C(=O)N[C@H]2CCCc3ccccc32)cc1S(=O)(=O)N1CCCCC1. The average molecular weight is 455 g/mol. The van der Waals surface area contributed by atoms with Crippen molar-refractivity contribution in [2.45, 2.75) is 49.5 Å². The molecule has 0 spiro atoms. The van der Waals surface area contributed by atoms with Crippen LogP contribution in [0.3, 0.4) is 0 Å². The molecule has 1 heterocycles. The van der Waals surface area contributed by atoms with Gasteiger partial charge in [0.15, 0.2) is 0 Å². The van der Waals surface area contributed by atoms with Gasteiger partial charge in [-0.05, 0) is 67.0 Å². The summed E-state index contributed by atoms with van der Waals surface area (Å²) in [7, 11) is -2.18. The van der Waals surface area contributed by atoms with Crippen LogP contribution < -0.4 is 10.1 Å². The third-order valence-corrected chi connectivity index (χ3v) is 8.15. The first kappa shape index (κ1) is 22.6. The monoisotopic (exact) mass is 454 g/mol. The number of sulfonamides is 1. The number of nitrogens with zero attached hydrogens (tertiary/aromatic N) is 1. The van der Waals surface area contributed by atoms with E-state index in [9.17, 15) is 13.2 Å². The summed E-state index contributed by atoms with van der Waals surface area (Å²) in [5, 5.41) is 3.09. The second-order valence-corrected chi connectivity index (χ2v) is 10.3. The summed E-state index contributed by atoms with van der Waals surface area (Å²) >= 11 is 0. The molecule has 2 aromatic rings. The smallest absolute Gasteiger partial charge is 0.246 e. The van der Waals surface area contributed by atoms with E-state index < -0.39 is 10.0 Å². The van der Waals surface area contributed by atoms with Crippen LogP contribution in [0.4, 0.5) is 0 Å². The van der Waals surface area contributed by atoms with Crippen molar-refractivity contribution in [2.75, 3.05) is 20.2 Å². The molecule has 32 heavy (non-hydrogen) atoms. The van der Waals surface area contributed by atoms with E-state index in [1.165, 1.54) is 28.6 Å². The van der Waals surface area contributed by atoms with E-state index in [2.05, 4.69) is 17.4 Å². The van der Waals surface area contributed by atoms with Crippen LogP contribution >= 0.6 is 0 Å². The number of amides is 1. The summed E-state index contributed by atoms with van der Waals surface area (Å²) in [4.78, 5) is 12.7. The van der Waals surface area contributed by atoms with Gasteiger partial charge in [-0.3, -0.25) is 4.79 Å². The Kier molecular flexibility index (Phi) is 6.96. The Labute approximate surface area is 190 Å². The first-order chi connectivity index (χ1) is 15.5. The Morgan fingerprint density at radius 3 is 2.66 bits per heavy atom. The van der Waals surface area contributed by atoms with Crippen molar-refractivity contribution in [3.63, 3.8) is 0 Å². The first-order valence-corrected chi connectivity index (χ1v) is 12.7. The number of carbonyl (C=O) groups excluding carboxylic acids is 1. The lowest BCUT2D eigenvalue weighted by molar-refractivity contribution is -0.117. The maximum Gasteiger partial charge on any atom is 0.246 e. The number of piperidine rings is 1. The molecule has 6 nitrogen and oxygen atoms in total. The van der Waals surface area contributed by atoms with Crippen LogP contribution in [0.15, 0.2) is 53.4 Å². The molecule has 0 saturated carbocycles. The van der Waals surface area contributed by atoms with E-state index in [0.717, 1.165) is 38.5 Å². The van der Waals surface area contributed by atoms with Crippen LogP contribution in [0.1, 0.15) is 54.8 Å². The Morgan fingerprint density at radius 2 is 1.88 bits per heavy atom. The summed E-state index contributed by atoms with van der Waals surface area (Å²) in [5.41, 5.74) is 3.11. The topological polar surface area (TPSA) is 75.7 Å². The van der Waals surface area contributed by atoms with Crippen LogP contribution in [-0.2, 0) is 21.2 Å². The fourth-order valence-electron chi connectivity index (χ4n) is 4.54. The molecular weight excluding hydrogens is 424 g/mol. The van der Waals surface area contributed by atoms with Gasteiger partial charge in [-0.2, -0.15) is 4.31 Å². The van der Waals surface area contributed by atoms with Crippen LogP contribution in [0.5, 0.6) is 5.75 Å². The first-order valence-electron chi connectivity index (χ1n) is 11.2. The van der Waals surface area contributed by atoms with Crippen molar-refractivity contribution in [1.29, 1.82) is 0 Å². The lowest BCUT2D eigenvalue weighted by Gasteiger charge is -2.26. The van der Waals surface area contributed by atoms with Crippen molar-refractivity contribution >= 4 is 22.0 Å². The number of rotatable bonds is 6. The van der Waals surface area contributed by atoms with E-state index in [-0.39, 0.29) is 16.8 Å². The molecule has 1 N–H and O–H groups in total. The molecule has 1 amide bonds. The quantitative estimate of drug-likeness (QED) is 0.668. The van der Waals surface area contributed by atoms with Crippen molar-refractivity contribution in [3.05, 3.63) is 65.2 Å². The number of hydrogen-bond donors (Lipinski definition) is 1. The lowest BCUT2D eigenvalue weighted by Crippen LogP contribution is -2.35.